The van der Waals surface area contributed by atoms with Crippen molar-refractivity contribution >= 4 is 11.4 Å². The highest BCUT2D eigenvalue weighted by atomic mass is 16.6. The van der Waals surface area contributed by atoms with Crippen LogP contribution in [0.25, 0.3) is 0 Å². The van der Waals surface area contributed by atoms with Crippen LogP contribution in [-0.2, 0) is 13.6 Å². The van der Waals surface area contributed by atoms with Gasteiger partial charge in [-0.25, -0.2) is 4.79 Å². The topological polar surface area (TPSA) is 108 Å². The molecule has 8 nitrogen and oxygen atoms in total. The number of hydrogen-bond donors (Lipinski definition) is 2. The molecule has 2 aromatic rings. The summed E-state index contributed by atoms with van der Waals surface area (Å²) in [7, 11) is 1.65. The van der Waals surface area contributed by atoms with Gasteiger partial charge in [0.25, 0.3) is 5.69 Å². The van der Waals surface area contributed by atoms with Crippen LogP contribution >= 0.6 is 0 Å². The number of imidazole rings is 1. The predicted octanol–water partition coefficient (Wildman–Crippen LogP) is 0.429. The molecule has 0 aliphatic heterocycles. The largest absolute Gasteiger partial charge is 0.328 e. The van der Waals surface area contributed by atoms with E-state index in [-0.39, 0.29) is 17.1 Å². The van der Waals surface area contributed by atoms with Gasteiger partial charge in [0.1, 0.15) is 5.69 Å². The number of aryl methyl sites for hydroxylation is 1. The van der Waals surface area contributed by atoms with E-state index < -0.39 is 4.92 Å². The zero-order chi connectivity index (χ0) is 14.0. The molecule has 0 spiro atoms. The summed E-state index contributed by atoms with van der Waals surface area (Å²) in [6, 6.07) is 4.51. The van der Waals surface area contributed by atoms with Gasteiger partial charge in [0.15, 0.2) is 0 Å². The normalized spacial score (nSPS) is 10.4. The number of aromatic nitrogens is 2. The van der Waals surface area contributed by atoms with Crippen molar-refractivity contribution in [2.24, 2.45) is 12.9 Å². The summed E-state index contributed by atoms with van der Waals surface area (Å²) >= 11 is 0. The minimum atomic E-state index is -0.520. The molecule has 0 amide bonds. The lowest BCUT2D eigenvalue weighted by molar-refractivity contribution is -0.384. The van der Waals surface area contributed by atoms with Gasteiger partial charge in [-0.15, -0.1) is 0 Å². The van der Waals surface area contributed by atoms with E-state index >= 15 is 0 Å². The number of hydrazine groups is 1. The van der Waals surface area contributed by atoms with E-state index in [1.165, 1.54) is 15.2 Å². The number of nitrogen functional groups attached to an aromatic ring is 1. The molecule has 1 aromatic carbocycles. The molecule has 3 N–H and O–H groups in total. The van der Waals surface area contributed by atoms with E-state index in [0.717, 1.165) is 5.56 Å². The van der Waals surface area contributed by atoms with Gasteiger partial charge in [-0.2, -0.15) is 0 Å². The second kappa shape index (κ2) is 4.94. The molecule has 0 saturated heterocycles. The molecule has 0 aliphatic carbocycles. The minimum Gasteiger partial charge on any atom is -0.318 e. The van der Waals surface area contributed by atoms with Gasteiger partial charge in [-0.3, -0.25) is 20.5 Å². The highest BCUT2D eigenvalue weighted by Crippen LogP contribution is 2.24. The Labute approximate surface area is 108 Å². The van der Waals surface area contributed by atoms with Crippen LogP contribution in [0.15, 0.2) is 35.4 Å². The maximum absolute atomic E-state index is 11.7. The number of nitrogens with two attached hydrogens (primary N) is 1. The number of nitro groups is 1. The molecule has 19 heavy (non-hydrogen) atoms. The Morgan fingerprint density at radius 2 is 2.16 bits per heavy atom. The van der Waals surface area contributed by atoms with Crippen molar-refractivity contribution < 1.29 is 4.92 Å². The first-order valence-electron chi connectivity index (χ1n) is 5.48. The van der Waals surface area contributed by atoms with Gasteiger partial charge in [-0.1, -0.05) is 6.07 Å². The van der Waals surface area contributed by atoms with Crippen LogP contribution in [0.1, 0.15) is 5.56 Å². The quantitative estimate of drug-likeness (QED) is 0.472. The molecule has 0 bridgehead atoms. The first-order valence-corrected chi connectivity index (χ1v) is 5.48. The number of nitrogens with one attached hydrogen (secondary N) is 1. The summed E-state index contributed by atoms with van der Waals surface area (Å²) < 4.78 is 2.95. The predicted molar refractivity (Wildman–Crippen MR) is 69.7 cm³/mol. The average Bonchev–Trinajstić information content (AvgIpc) is 2.70. The van der Waals surface area contributed by atoms with E-state index in [4.69, 9.17) is 5.84 Å². The van der Waals surface area contributed by atoms with E-state index in [1.54, 1.807) is 31.6 Å². The van der Waals surface area contributed by atoms with Gasteiger partial charge in [0.2, 0.25) is 0 Å². The molecule has 2 rings (SSSR count). The fourth-order valence-electron chi connectivity index (χ4n) is 1.78. The Morgan fingerprint density at radius 1 is 1.42 bits per heavy atom. The Hall–Kier alpha value is -2.61. The fraction of sp³-hybridized carbons (Fsp3) is 0.182. The Kier molecular flexibility index (Phi) is 3.34. The Morgan fingerprint density at radius 3 is 2.68 bits per heavy atom. The van der Waals surface area contributed by atoms with Gasteiger partial charge >= 0.3 is 5.69 Å². The van der Waals surface area contributed by atoms with Crippen LogP contribution < -0.4 is 17.0 Å². The number of hydrogen-bond acceptors (Lipinski definition) is 5. The highest BCUT2D eigenvalue weighted by molar-refractivity contribution is 5.62. The summed E-state index contributed by atoms with van der Waals surface area (Å²) in [4.78, 5) is 21.9. The van der Waals surface area contributed by atoms with Crippen molar-refractivity contribution in [1.29, 1.82) is 0 Å². The zero-order valence-electron chi connectivity index (χ0n) is 10.2. The summed E-state index contributed by atoms with van der Waals surface area (Å²) in [5, 5.41) is 10.8. The van der Waals surface area contributed by atoms with E-state index in [0.29, 0.717) is 6.54 Å². The molecule has 0 radical (unpaired) electrons. The zero-order valence-corrected chi connectivity index (χ0v) is 10.2. The minimum absolute atomic E-state index is 0.105. The summed E-state index contributed by atoms with van der Waals surface area (Å²) in [5.41, 5.74) is 2.99. The third-order valence-electron chi connectivity index (χ3n) is 2.78. The van der Waals surface area contributed by atoms with Crippen molar-refractivity contribution in [2.45, 2.75) is 6.54 Å². The van der Waals surface area contributed by atoms with Gasteiger partial charge in [0, 0.05) is 25.5 Å². The molecule has 0 unspecified atom stereocenters. The van der Waals surface area contributed by atoms with Crippen LogP contribution in [0.3, 0.4) is 0 Å². The Balaban J connectivity index is 2.34. The standard InChI is InChI=1S/C11H13N5O3/c1-14-4-5-15(11(14)17)7-8-2-3-10(16(18)19)9(6-8)13-12/h2-6,13H,7,12H2,1H3. The third kappa shape index (κ3) is 2.47. The molecular weight excluding hydrogens is 250 g/mol. The molecular formula is C11H13N5O3. The van der Waals surface area contributed by atoms with E-state index in [9.17, 15) is 14.9 Å². The lowest BCUT2D eigenvalue weighted by Gasteiger charge is -2.06. The molecule has 0 saturated carbocycles. The van der Waals surface area contributed by atoms with Crippen molar-refractivity contribution in [3.8, 4) is 0 Å². The Bertz CT molecular complexity index is 673. The van der Waals surface area contributed by atoms with Crippen molar-refractivity contribution in [1.82, 2.24) is 9.13 Å². The van der Waals surface area contributed by atoms with Crippen LogP contribution in [0, 0.1) is 10.1 Å². The SMILES string of the molecule is Cn1ccn(Cc2ccc([N+](=O)[O-])c(NN)c2)c1=O. The van der Waals surface area contributed by atoms with Crippen LogP contribution in [0.4, 0.5) is 11.4 Å². The van der Waals surface area contributed by atoms with Crippen LogP contribution in [0.2, 0.25) is 0 Å². The fourth-order valence-corrected chi connectivity index (χ4v) is 1.78. The third-order valence-corrected chi connectivity index (χ3v) is 2.78. The molecule has 8 heteroatoms. The molecule has 1 aromatic heterocycles. The van der Waals surface area contributed by atoms with Crippen molar-refractivity contribution in [2.75, 3.05) is 5.43 Å². The molecule has 1 heterocycles. The van der Waals surface area contributed by atoms with Gasteiger partial charge in [-0.05, 0) is 11.6 Å². The van der Waals surface area contributed by atoms with Crippen molar-refractivity contribution in [3.63, 3.8) is 0 Å². The number of anilines is 1. The second-order valence-electron chi connectivity index (χ2n) is 4.07. The van der Waals surface area contributed by atoms with Gasteiger partial charge in [0.05, 0.1) is 11.5 Å². The smallest absolute Gasteiger partial charge is 0.318 e. The van der Waals surface area contributed by atoms with E-state index in [1.807, 2.05) is 0 Å². The van der Waals surface area contributed by atoms with Crippen LogP contribution in [0.5, 0.6) is 0 Å². The summed E-state index contributed by atoms with van der Waals surface area (Å²) in [6.45, 7) is 0.326. The molecule has 100 valence electrons. The summed E-state index contributed by atoms with van der Waals surface area (Å²) in [5.74, 6) is 5.26. The van der Waals surface area contributed by atoms with Gasteiger partial charge < -0.3 is 9.99 Å². The number of rotatable bonds is 4. The van der Waals surface area contributed by atoms with Crippen LogP contribution in [-0.4, -0.2) is 14.1 Å². The first kappa shape index (κ1) is 12.8. The van der Waals surface area contributed by atoms with Crippen molar-refractivity contribution in [3.05, 3.63) is 56.8 Å². The number of benzene rings is 1. The lowest BCUT2D eigenvalue weighted by atomic mass is 10.1. The molecule has 0 atom stereocenters. The monoisotopic (exact) mass is 263 g/mol. The lowest BCUT2D eigenvalue weighted by Crippen LogP contribution is -2.22. The molecule has 0 fully saturated rings. The number of nitrogens with zero attached hydrogens (tertiary/aromatic N) is 3. The maximum Gasteiger partial charge on any atom is 0.328 e. The maximum atomic E-state index is 11.7. The molecule has 0 aliphatic rings. The highest BCUT2D eigenvalue weighted by Gasteiger charge is 2.13. The average molecular weight is 263 g/mol. The first-order chi connectivity index (χ1) is 9.02. The number of nitro benzene ring substituents is 1. The van der Waals surface area contributed by atoms with E-state index in [2.05, 4.69) is 5.43 Å². The summed E-state index contributed by atoms with van der Waals surface area (Å²) in [6.07, 6.45) is 3.30. The second-order valence-corrected chi connectivity index (χ2v) is 4.07.